The van der Waals surface area contributed by atoms with E-state index in [9.17, 15) is 9.59 Å². The van der Waals surface area contributed by atoms with E-state index in [-0.39, 0.29) is 12.6 Å². The molecule has 15 heavy (non-hydrogen) atoms. The molecule has 1 rings (SSSR count). The van der Waals surface area contributed by atoms with Gasteiger partial charge in [-0.1, -0.05) is 12.8 Å². The lowest BCUT2D eigenvalue weighted by Gasteiger charge is -2.23. The van der Waals surface area contributed by atoms with Crippen LogP contribution in [0.15, 0.2) is 0 Å². The lowest BCUT2D eigenvalue weighted by Crippen LogP contribution is -2.44. The summed E-state index contributed by atoms with van der Waals surface area (Å²) in [4.78, 5) is 22.3. The zero-order valence-electron chi connectivity index (χ0n) is 9.01. The van der Waals surface area contributed by atoms with Crippen LogP contribution < -0.4 is 10.6 Å². The summed E-state index contributed by atoms with van der Waals surface area (Å²) in [5.74, 6) is -0.795. The second-order valence-corrected chi connectivity index (χ2v) is 4.01. The van der Waals surface area contributed by atoms with E-state index in [1.807, 2.05) is 6.92 Å². The molecule has 1 aliphatic carbocycles. The van der Waals surface area contributed by atoms with Crippen molar-refractivity contribution in [1.82, 2.24) is 10.6 Å². The van der Waals surface area contributed by atoms with Gasteiger partial charge in [0.15, 0.2) is 0 Å². The van der Waals surface area contributed by atoms with E-state index in [1.54, 1.807) is 0 Å². The fourth-order valence-electron chi connectivity index (χ4n) is 1.99. The number of nitrogens with one attached hydrogen (secondary N) is 2. The average Bonchev–Trinajstić information content (AvgIpc) is 2.65. The maximum atomic E-state index is 11.1. The monoisotopic (exact) mass is 214 g/mol. The van der Waals surface area contributed by atoms with Crippen molar-refractivity contribution >= 4 is 12.0 Å². The highest BCUT2D eigenvalue weighted by molar-refractivity contribution is 5.78. The van der Waals surface area contributed by atoms with Crippen molar-refractivity contribution in [1.29, 1.82) is 0 Å². The van der Waals surface area contributed by atoms with Gasteiger partial charge in [0.2, 0.25) is 0 Å². The zero-order valence-corrected chi connectivity index (χ0v) is 9.01. The number of carboxylic acid groups (broad SMARTS) is 1. The number of hydrogen-bond donors (Lipinski definition) is 3. The molecule has 86 valence electrons. The van der Waals surface area contributed by atoms with E-state index in [2.05, 4.69) is 10.6 Å². The van der Waals surface area contributed by atoms with Crippen LogP contribution in [-0.4, -0.2) is 30.2 Å². The summed E-state index contributed by atoms with van der Waals surface area (Å²) in [6.07, 6.45) is 3.19. The molecule has 1 aliphatic rings. The van der Waals surface area contributed by atoms with Crippen LogP contribution in [0.1, 0.15) is 32.6 Å². The van der Waals surface area contributed by atoms with Gasteiger partial charge in [-0.25, -0.2) is 4.79 Å². The van der Waals surface area contributed by atoms with Gasteiger partial charge in [-0.05, 0) is 19.8 Å². The Morgan fingerprint density at radius 1 is 1.27 bits per heavy atom. The topological polar surface area (TPSA) is 78.4 Å². The molecule has 2 amide bonds. The molecular formula is C10H18N2O3. The highest BCUT2D eigenvalue weighted by Crippen LogP contribution is 2.37. The third-order valence-electron chi connectivity index (χ3n) is 2.94. The molecule has 1 fully saturated rings. The minimum absolute atomic E-state index is 0.230. The molecule has 1 saturated carbocycles. The van der Waals surface area contributed by atoms with Crippen LogP contribution >= 0.6 is 0 Å². The van der Waals surface area contributed by atoms with Crippen molar-refractivity contribution in [2.45, 2.75) is 32.6 Å². The smallest absolute Gasteiger partial charge is 0.314 e. The van der Waals surface area contributed by atoms with Gasteiger partial charge in [0.25, 0.3) is 0 Å². The van der Waals surface area contributed by atoms with Gasteiger partial charge < -0.3 is 15.7 Å². The fraction of sp³-hybridized carbons (Fsp3) is 0.800. The predicted molar refractivity (Wildman–Crippen MR) is 55.6 cm³/mol. The number of aliphatic carboxylic acids is 1. The Morgan fingerprint density at radius 3 is 2.33 bits per heavy atom. The van der Waals surface area contributed by atoms with E-state index < -0.39 is 11.4 Å². The molecule has 0 bridgehead atoms. The zero-order chi connectivity index (χ0) is 11.3. The van der Waals surface area contributed by atoms with Gasteiger partial charge in [0, 0.05) is 13.1 Å². The molecular weight excluding hydrogens is 196 g/mol. The van der Waals surface area contributed by atoms with E-state index >= 15 is 0 Å². The maximum absolute atomic E-state index is 11.1. The van der Waals surface area contributed by atoms with Crippen molar-refractivity contribution in [3.63, 3.8) is 0 Å². The summed E-state index contributed by atoms with van der Waals surface area (Å²) in [5.41, 5.74) is -0.731. The third kappa shape index (κ3) is 2.84. The van der Waals surface area contributed by atoms with Gasteiger partial charge >= 0.3 is 12.0 Å². The minimum atomic E-state index is -0.795. The van der Waals surface area contributed by atoms with Crippen molar-refractivity contribution in [2.75, 3.05) is 13.1 Å². The first-order valence-electron chi connectivity index (χ1n) is 5.36. The highest BCUT2D eigenvalue weighted by atomic mass is 16.4. The molecule has 0 heterocycles. The standard InChI is InChI=1S/C10H18N2O3/c1-2-11-9(15)12-7-10(8(13)14)5-3-4-6-10/h2-7H2,1H3,(H,13,14)(H2,11,12,15). The first-order valence-corrected chi connectivity index (χ1v) is 5.36. The summed E-state index contributed by atoms with van der Waals surface area (Å²) >= 11 is 0. The largest absolute Gasteiger partial charge is 0.481 e. The van der Waals surface area contributed by atoms with E-state index in [4.69, 9.17) is 5.11 Å². The van der Waals surface area contributed by atoms with Gasteiger partial charge in [-0.2, -0.15) is 0 Å². The summed E-state index contributed by atoms with van der Waals surface area (Å²) in [7, 11) is 0. The maximum Gasteiger partial charge on any atom is 0.314 e. The van der Waals surface area contributed by atoms with Crippen molar-refractivity contribution in [3.8, 4) is 0 Å². The second-order valence-electron chi connectivity index (χ2n) is 4.01. The van der Waals surface area contributed by atoms with E-state index in [0.717, 1.165) is 12.8 Å². The van der Waals surface area contributed by atoms with Crippen molar-refractivity contribution in [2.24, 2.45) is 5.41 Å². The number of carboxylic acids is 1. The quantitative estimate of drug-likeness (QED) is 0.652. The number of hydrogen-bond acceptors (Lipinski definition) is 2. The molecule has 5 nitrogen and oxygen atoms in total. The van der Waals surface area contributed by atoms with Gasteiger partial charge in [-0.3, -0.25) is 4.79 Å². The van der Waals surface area contributed by atoms with Crippen LogP contribution in [-0.2, 0) is 4.79 Å². The SMILES string of the molecule is CCNC(=O)NCC1(C(=O)O)CCCC1. The molecule has 0 radical (unpaired) electrons. The van der Waals surface area contributed by atoms with Crippen LogP contribution in [0, 0.1) is 5.41 Å². The van der Waals surface area contributed by atoms with Crippen LogP contribution in [0.2, 0.25) is 0 Å². The molecule has 0 aromatic heterocycles. The highest BCUT2D eigenvalue weighted by Gasteiger charge is 2.41. The summed E-state index contributed by atoms with van der Waals surface area (Å²) < 4.78 is 0. The lowest BCUT2D eigenvalue weighted by atomic mass is 9.86. The second kappa shape index (κ2) is 5.00. The molecule has 0 atom stereocenters. The Morgan fingerprint density at radius 2 is 1.87 bits per heavy atom. The molecule has 3 N–H and O–H groups in total. The number of urea groups is 1. The first-order chi connectivity index (χ1) is 7.10. The molecule has 0 saturated heterocycles. The Balaban J connectivity index is 2.46. The molecule has 0 unspecified atom stereocenters. The first kappa shape index (κ1) is 11.8. The predicted octanol–water partition coefficient (Wildman–Crippen LogP) is 0.950. The Kier molecular flexibility index (Phi) is 3.94. The fourth-order valence-corrected chi connectivity index (χ4v) is 1.99. The van der Waals surface area contributed by atoms with E-state index in [1.165, 1.54) is 0 Å². The summed E-state index contributed by atoms with van der Waals surface area (Å²) in [5, 5.41) is 14.3. The number of amides is 2. The van der Waals surface area contributed by atoms with Crippen LogP contribution in [0.25, 0.3) is 0 Å². The van der Waals surface area contributed by atoms with Gasteiger partial charge in [-0.15, -0.1) is 0 Å². The molecule has 5 heteroatoms. The number of carbonyl (C=O) groups excluding carboxylic acids is 1. The molecule has 0 aromatic carbocycles. The molecule has 0 aliphatic heterocycles. The van der Waals surface area contributed by atoms with Crippen LogP contribution in [0.4, 0.5) is 4.79 Å². The Hall–Kier alpha value is -1.26. The molecule has 0 spiro atoms. The lowest BCUT2D eigenvalue weighted by molar-refractivity contribution is -0.148. The van der Waals surface area contributed by atoms with Crippen molar-refractivity contribution in [3.05, 3.63) is 0 Å². The number of rotatable bonds is 4. The van der Waals surface area contributed by atoms with Gasteiger partial charge in [0.05, 0.1) is 5.41 Å². The van der Waals surface area contributed by atoms with Crippen molar-refractivity contribution < 1.29 is 14.7 Å². The van der Waals surface area contributed by atoms with Crippen LogP contribution in [0.5, 0.6) is 0 Å². The van der Waals surface area contributed by atoms with Gasteiger partial charge in [0.1, 0.15) is 0 Å². The minimum Gasteiger partial charge on any atom is -0.481 e. The summed E-state index contributed by atoms with van der Waals surface area (Å²) in [6.45, 7) is 2.60. The summed E-state index contributed by atoms with van der Waals surface area (Å²) in [6, 6.07) is -0.287. The number of carbonyl (C=O) groups is 2. The normalized spacial score (nSPS) is 18.5. The Labute approximate surface area is 89.2 Å². The average molecular weight is 214 g/mol. The third-order valence-corrected chi connectivity index (χ3v) is 2.94. The molecule has 0 aromatic rings. The van der Waals surface area contributed by atoms with Crippen LogP contribution in [0.3, 0.4) is 0 Å². The Bertz CT molecular complexity index is 247. The van der Waals surface area contributed by atoms with E-state index in [0.29, 0.717) is 19.4 Å².